The van der Waals surface area contributed by atoms with Crippen LogP contribution in [0.3, 0.4) is 0 Å². The van der Waals surface area contributed by atoms with Gasteiger partial charge in [-0.1, -0.05) is 12.6 Å². The zero-order valence-corrected chi connectivity index (χ0v) is 13.5. The molecule has 0 bridgehead atoms. The molecule has 4 nitrogen and oxygen atoms in total. The summed E-state index contributed by atoms with van der Waals surface area (Å²) in [6.45, 7) is 7.56. The fourth-order valence-electron chi connectivity index (χ4n) is 2.76. The smallest absolute Gasteiger partial charge is 0.222 e. The highest BCUT2D eigenvalue weighted by Gasteiger charge is 2.26. The minimum Gasteiger partial charge on any atom is -0.346 e. The van der Waals surface area contributed by atoms with Crippen LogP contribution in [0, 0.1) is 0 Å². The SMILES string of the molecule is C=C(C)c1ccc([C@H]2CCN(C)C(=O)C2)c(CN(C)C)n1. The van der Waals surface area contributed by atoms with Gasteiger partial charge >= 0.3 is 0 Å². The minimum atomic E-state index is 0.228. The summed E-state index contributed by atoms with van der Waals surface area (Å²) in [6.07, 6.45) is 1.60. The fourth-order valence-corrected chi connectivity index (χ4v) is 2.76. The lowest BCUT2D eigenvalue weighted by Crippen LogP contribution is -2.35. The average Bonchev–Trinajstić information content (AvgIpc) is 2.41. The number of nitrogens with zero attached hydrogens (tertiary/aromatic N) is 3. The number of hydrogen-bond donors (Lipinski definition) is 0. The van der Waals surface area contributed by atoms with Gasteiger partial charge in [0.2, 0.25) is 5.91 Å². The Balaban J connectivity index is 2.33. The van der Waals surface area contributed by atoms with E-state index >= 15 is 0 Å². The maximum Gasteiger partial charge on any atom is 0.222 e. The van der Waals surface area contributed by atoms with Crippen molar-refractivity contribution in [3.63, 3.8) is 0 Å². The Morgan fingerprint density at radius 3 is 2.76 bits per heavy atom. The first-order chi connectivity index (χ1) is 9.88. The van der Waals surface area contributed by atoms with Gasteiger partial charge in [0.05, 0.1) is 11.4 Å². The topological polar surface area (TPSA) is 36.4 Å². The molecule has 0 aromatic carbocycles. The number of allylic oxidation sites excluding steroid dienone is 1. The zero-order chi connectivity index (χ0) is 15.6. The molecule has 1 saturated heterocycles. The molecule has 1 fully saturated rings. The van der Waals surface area contributed by atoms with Gasteiger partial charge < -0.3 is 9.80 Å². The van der Waals surface area contributed by atoms with Crippen LogP contribution in [-0.4, -0.2) is 48.4 Å². The van der Waals surface area contributed by atoms with Crippen LogP contribution in [0.25, 0.3) is 5.57 Å². The highest BCUT2D eigenvalue weighted by Crippen LogP contribution is 2.31. The van der Waals surface area contributed by atoms with Crippen molar-refractivity contribution in [1.29, 1.82) is 0 Å². The number of amides is 1. The molecule has 1 atom stereocenters. The maximum atomic E-state index is 12.0. The van der Waals surface area contributed by atoms with Gasteiger partial charge in [-0.3, -0.25) is 9.78 Å². The molecule has 1 amide bonds. The molecular weight excluding hydrogens is 262 g/mol. The molecule has 0 saturated carbocycles. The lowest BCUT2D eigenvalue weighted by molar-refractivity contribution is -0.132. The van der Waals surface area contributed by atoms with Gasteiger partial charge in [0.25, 0.3) is 0 Å². The lowest BCUT2D eigenvalue weighted by Gasteiger charge is -2.30. The molecule has 1 aromatic rings. The molecular formula is C17H25N3O. The van der Waals surface area contributed by atoms with Gasteiger partial charge in [0.1, 0.15) is 0 Å². The third kappa shape index (κ3) is 3.70. The molecule has 0 N–H and O–H groups in total. The summed E-state index contributed by atoms with van der Waals surface area (Å²) in [7, 11) is 5.96. The monoisotopic (exact) mass is 287 g/mol. The summed E-state index contributed by atoms with van der Waals surface area (Å²) >= 11 is 0. The highest BCUT2D eigenvalue weighted by atomic mass is 16.2. The van der Waals surface area contributed by atoms with Crippen LogP contribution in [0.1, 0.15) is 42.6 Å². The van der Waals surface area contributed by atoms with Crippen LogP contribution in [0.4, 0.5) is 0 Å². The molecule has 0 aliphatic carbocycles. The molecule has 0 spiro atoms. The summed E-state index contributed by atoms with van der Waals surface area (Å²) in [5.74, 6) is 0.515. The van der Waals surface area contributed by atoms with E-state index in [1.807, 2.05) is 39.0 Å². The van der Waals surface area contributed by atoms with E-state index in [1.54, 1.807) is 0 Å². The Labute approximate surface area is 127 Å². The molecule has 2 rings (SSSR count). The Bertz CT molecular complexity index is 551. The van der Waals surface area contributed by atoms with Gasteiger partial charge in [-0.25, -0.2) is 0 Å². The van der Waals surface area contributed by atoms with Crippen LogP contribution < -0.4 is 0 Å². The van der Waals surface area contributed by atoms with E-state index < -0.39 is 0 Å². The Morgan fingerprint density at radius 2 is 2.19 bits per heavy atom. The van der Waals surface area contributed by atoms with Crippen molar-refractivity contribution in [2.24, 2.45) is 0 Å². The van der Waals surface area contributed by atoms with Crippen molar-refractivity contribution in [1.82, 2.24) is 14.8 Å². The van der Waals surface area contributed by atoms with E-state index in [1.165, 1.54) is 5.56 Å². The van der Waals surface area contributed by atoms with Gasteiger partial charge in [-0.2, -0.15) is 0 Å². The first kappa shape index (κ1) is 15.7. The zero-order valence-electron chi connectivity index (χ0n) is 13.5. The predicted molar refractivity (Wildman–Crippen MR) is 85.9 cm³/mol. The van der Waals surface area contributed by atoms with E-state index in [9.17, 15) is 4.79 Å². The third-order valence-corrected chi connectivity index (χ3v) is 4.01. The summed E-state index contributed by atoms with van der Waals surface area (Å²) in [5, 5.41) is 0. The second-order valence-corrected chi connectivity index (χ2v) is 6.26. The number of pyridine rings is 1. The van der Waals surface area contributed by atoms with Crippen LogP contribution in [0.15, 0.2) is 18.7 Å². The number of carbonyl (C=O) groups excluding carboxylic acids is 1. The Kier molecular flexibility index (Phi) is 4.78. The molecule has 2 heterocycles. The number of piperidine rings is 1. The van der Waals surface area contributed by atoms with E-state index in [-0.39, 0.29) is 11.8 Å². The van der Waals surface area contributed by atoms with Crippen LogP contribution in [0.5, 0.6) is 0 Å². The second-order valence-electron chi connectivity index (χ2n) is 6.26. The molecule has 1 aliphatic heterocycles. The van der Waals surface area contributed by atoms with Crippen molar-refractivity contribution in [2.45, 2.75) is 32.2 Å². The third-order valence-electron chi connectivity index (χ3n) is 4.01. The maximum absolute atomic E-state index is 12.0. The fraction of sp³-hybridized carbons (Fsp3) is 0.529. The van der Waals surface area contributed by atoms with E-state index in [0.29, 0.717) is 6.42 Å². The number of carbonyl (C=O) groups is 1. The summed E-state index contributed by atoms with van der Waals surface area (Å²) in [4.78, 5) is 20.7. The van der Waals surface area contributed by atoms with Crippen LogP contribution in [-0.2, 0) is 11.3 Å². The summed E-state index contributed by atoms with van der Waals surface area (Å²) < 4.78 is 0. The molecule has 0 unspecified atom stereocenters. The molecule has 114 valence electrons. The first-order valence-corrected chi connectivity index (χ1v) is 7.43. The normalized spacial score (nSPS) is 19.2. The van der Waals surface area contributed by atoms with E-state index in [0.717, 1.165) is 36.5 Å². The highest BCUT2D eigenvalue weighted by molar-refractivity contribution is 5.77. The predicted octanol–water partition coefficient (Wildman–Crippen LogP) is 2.51. The number of rotatable bonds is 4. The van der Waals surface area contributed by atoms with Gasteiger partial charge in [-0.05, 0) is 50.6 Å². The van der Waals surface area contributed by atoms with Crippen molar-refractivity contribution in [3.05, 3.63) is 35.7 Å². The van der Waals surface area contributed by atoms with Crippen molar-refractivity contribution >= 4 is 11.5 Å². The molecule has 1 aromatic heterocycles. The molecule has 1 aliphatic rings. The van der Waals surface area contributed by atoms with Crippen molar-refractivity contribution < 1.29 is 4.79 Å². The average molecular weight is 287 g/mol. The minimum absolute atomic E-state index is 0.228. The lowest BCUT2D eigenvalue weighted by atomic mass is 9.87. The van der Waals surface area contributed by atoms with Crippen LogP contribution >= 0.6 is 0 Å². The second kappa shape index (κ2) is 6.39. The summed E-state index contributed by atoms with van der Waals surface area (Å²) in [5.41, 5.74) is 4.20. The Hall–Kier alpha value is -1.68. The van der Waals surface area contributed by atoms with E-state index in [4.69, 9.17) is 4.98 Å². The van der Waals surface area contributed by atoms with Gasteiger partial charge in [-0.15, -0.1) is 0 Å². The molecule has 0 radical (unpaired) electrons. The van der Waals surface area contributed by atoms with Gasteiger partial charge in [0, 0.05) is 26.6 Å². The summed E-state index contributed by atoms with van der Waals surface area (Å²) in [6, 6.07) is 4.17. The quantitative estimate of drug-likeness (QED) is 0.854. The number of likely N-dealkylation sites (tertiary alicyclic amines) is 1. The van der Waals surface area contributed by atoms with Crippen molar-refractivity contribution in [3.8, 4) is 0 Å². The standard InChI is InChI=1S/C17H25N3O/c1-12(2)15-7-6-14(16(18-15)11-19(3)4)13-8-9-20(5)17(21)10-13/h6-7,13H,1,8-11H2,2-5H3/t13-/m0/s1. The van der Waals surface area contributed by atoms with Crippen LogP contribution in [0.2, 0.25) is 0 Å². The first-order valence-electron chi connectivity index (χ1n) is 7.43. The van der Waals surface area contributed by atoms with E-state index in [2.05, 4.69) is 17.5 Å². The van der Waals surface area contributed by atoms with Crippen molar-refractivity contribution in [2.75, 3.05) is 27.7 Å². The number of hydrogen-bond acceptors (Lipinski definition) is 3. The molecule has 21 heavy (non-hydrogen) atoms. The Morgan fingerprint density at radius 1 is 1.48 bits per heavy atom. The number of aromatic nitrogens is 1. The van der Waals surface area contributed by atoms with Gasteiger partial charge in [0.15, 0.2) is 0 Å². The largest absolute Gasteiger partial charge is 0.346 e. The molecule has 4 heteroatoms.